The molecule has 0 bridgehead atoms. The Morgan fingerprint density at radius 1 is 1.41 bits per heavy atom. The summed E-state index contributed by atoms with van der Waals surface area (Å²) in [6.07, 6.45) is -0.0682. The van der Waals surface area contributed by atoms with Crippen molar-refractivity contribution in [3.8, 4) is 0 Å². The SMILES string of the molecule is C=CCN1C(=O)C[C@H](OC(C)=O)[C@H]1OC(C)=O. The van der Waals surface area contributed by atoms with Crippen molar-refractivity contribution in [1.29, 1.82) is 0 Å². The molecular weight excluding hydrogens is 226 g/mol. The molecular formula is C11H15NO5. The maximum atomic E-state index is 11.6. The molecule has 6 heteroatoms. The Kier molecular flexibility index (Phi) is 4.25. The summed E-state index contributed by atoms with van der Waals surface area (Å²) in [5.41, 5.74) is 0. The number of carbonyl (C=O) groups excluding carboxylic acids is 3. The summed E-state index contributed by atoms with van der Waals surface area (Å²) < 4.78 is 9.96. The van der Waals surface area contributed by atoms with E-state index in [0.29, 0.717) is 0 Å². The lowest BCUT2D eigenvalue weighted by atomic mass is 10.3. The van der Waals surface area contributed by atoms with Gasteiger partial charge < -0.3 is 9.47 Å². The van der Waals surface area contributed by atoms with E-state index in [1.54, 1.807) is 0 Å². The van der Waals surface area contributed by atoms with E-state index >= 15 is 0 Å². The highest BCUT2D eigenvalue weighted by Gasteiger charge is 2.43. The zero-order valence-electron chi connectivity index (χ0n) is 9.84. The predicted octanol–water partition coefficient (Wildman–Crippen LogP) is 0.226. The molecule has 1 aliphatic rings. The van der Waals surface area contributed by atoms with Gasteiger partial charge in [-0.1, -0.05) is 6.08 Å². The molecule has 2 atom stereocenters. The summed E-state index contributed by atoms with van der Waals surface area (Å²) in [5.74, 6) is -1.28. The molecule has 1 rings (SSSR count). The van der Waals surface area contributed by atoms with Gasteiger partial charge in [-0.3, -0.25) is 19.3 Å². The molecule has 0 radical (unpaired) electrons. The number of hydrogen-bond donors (Lipinski definition) is 0. The Balaban J connectivity index is 2.83. The van der Waals surface area contributed by atoms with Gasteiger partial charge in [0.05, 0.1) is 6.42 Å². The molecule has 0 aromatic rings. The lowest BCUT2D eigenvalue weighted by Gasteiger charge is -2.25. The molecule has 1 saturated heterocycles. The zero-order valence-corrected chi connectivity index (χ0v) is 9.84. The van der Waals surface area contributed by atoms with Crippen LogP contribution in [0.15, 0.2) is 12.7 Å². The number of hydrogen-bond acceptors (Lipinski definition) is 5. The molecule has 6 nitrogen and oxygen atoms in total. The normalized spacial score (nSPS) is 23.4. The third-order valence-electron chi connectivity index (χ3n) is 2.25. The second kappa shape index (κ2) is 5.47. The van der Waals surface area contributed by atoms with Gasteiger partial charge in [0.15, 0.2) is 6.10 Å². The number of amides is 1. The van der Waals surface area contributed by atoms with Crippen LogP contribution in [0.1, 0.15) is 20.3 Å². The van der Waals surface area contributed by atoms with E-state index in [0.717, 1.165) is 0 Å². The monoisotopic (exact) mass is 241 g/mol. The first-order valence-corrected chi connectivity index (χ1v) is 5.20. The number of esters is 2. The highest BCUT2D eigenvalue weighted by Crippen LogP contribution is 2.23. The maximum Gasteiger partial charge on any atom is 0.304 e. The van der Waals surface area contributed by atoms with E-state index in [1.165, 1.54) is 24.8 Å². The van der Waals surface area contributed by atoms with E-state index in [1.807, 2.05) is 0 Å². The Morgan fingerprint density at radius 3 is 2.47 bits per heavy atom. The number of likely N-dealkylation sites (tertiary alicyclic amines) is 1. The van der Waals surface area contributed by atoms with Crippen LogP contribution >= 0.6 is 0 Å². The molecule has 0 aliphatic carbocycles. The molecule has 0 saturated carbocycles. The van der Waals surface area contributed by atoms with Crippen LogP contribution in [0.4, 0.5) is 0 Å². The van der Waals surface area contributed by atoms with Gasteiger partial charge in [-0.15, -0.1) is 6.58 Å². The van der Waals surface area contributed by atoms with Crippen molar-refractivity contribution in [2.45, 2.75) is 32.6 Å². The third-order valence-corrected chi connectivity index (χ3v) is 2.25. The minimum atomic E-state index is -0.859. The second-order valence-electron chi connectivity index (χ2n) is 3.69. The molecule has 0 N–H and O–H groups in total. The van der Waals surface area contributed by atoms with Gasteiger partial charge in [0.2, 0.25) is 12.1 Å². The zero-order chi connectivity index (χ0) is 13.0. The molecule has 1 amide bonds. The van der Waals surface area contributed by atoms with Crippen molar-refractivity contribution in [2.75, 3.05) is 6.54 Å². The standard InChI is InChI=1S/C11H15NO5/c1-4-5-12-10(15)6-9(16-7(2)13)11(12)17-8(3)14/h4,9,11H,1,5-6H2,2-3H3/t9-,11+/m0/s1. The van der Waals surface area contributed by atoms with Crippen molar-refractivity contribution in [3.63, 3.8) is 0 Å². The van der Waals surface area contributed by atoms with Crippen molar-refractivity contribution in [3.05, 3.63) is 12.7 Å². The van der Waals surface area contributed by atoms with Crippen LogP contribution in [0.5, 0.6) is 0 Å². The van der Waals surface area contributed by atoms with Gasteiger partial charge in [-0.25, -0.2) is 0 Å². The Bertz CT molecular complexity index is 352. The molecule has 17 heavy (non-hydrogen) atoms. The van der Waals surface area contributed by atoms with Gasteiger partial charge in [0.1, 0.15) is 0 Å². The van der Waals surface area contributed by atoms with Crippen LogP contribution in [0, 0.1) is 0 Å². The first-order chi connectivity index (χ1) is 7.95. The van der Waals surface area contributed by atoms with Gasteiger partial charge in [0, 0.05) is 20.4 Å². The Labute approximate surface area is 99.2 Å². The van der Waals surface area contributed by atoms with Crippen LogP contribution in [0.25, 0.3) is 0 Å². The van der Waals surface area contributed by atoms with Gasteiger partial charge in [-0.05, 0) is 0 Å². The first-order valence-electron chi connectivity index (χ1n) is 5.20. The maximum absolute atomic E-state index is 11.6. The van der Waals surface area contributed by atoms with Crippen molar-refractivity contribution < 1.29 is 23.9 Å². The Hall–Kier alpha value is -1.85. The van der Waals surface area contributed by atoms with Crippen LogP contribution in [-0.2, 0) is 23.9 Å². The fraction of sp³-hybridized carbons (Fsp3) is 0.545. The summed E-state index contributed by atoms with van der Waals surface area (Å²) in [6, 6.07) is 0. The first kappa shape index (κ1) is 13.2. The number of rotatable bonds is 4. The van der Waals surface area contributed by atoms with Crippen molar-refractivity contribution in [2.24, 2.45) is 0 Å². The lowest BCUT2D eigenvalue weighted by Crippen LogP contribution is -2.41. The summed E-state index contributed by atoms with van der Waals surface area (Å²) in [6.45, 7) is 6.24. The molecule has 94 valence electrons. The number of carbonyl (C=O) groups is 3. The minimum Gasteiger partial charge on any atom is -0.456 e. The smallest absolute Gasteiger partial charge is 0.304 e. The summed E-state index contributed by atoms with van der Waals surface area (Å²) in [5, 5.41) is 0. The summed E-state index contributed by atoms with van der Waals surface area (Å²) in [7, 11) is 0. The quantitative estimate of drug-likeness (QED) is 0.520. The summed E-state index contributed by atoms with van der Waals surface area (Å²) in [4.78, 5) is 34.8. The average Bonchev–Trinajstić information content (AvgIpc) is 2.45. The average molecular weight is 241 g/mol. The van der Waals surface area contributed by atoms with Gasteiger partial charge >= 0.3 is 11.9 Å². The second-order valence-corrected chi connectivity index (χ2v) is 3.69. The van der Waals surface area contributed by atoms with Crippen LogP contribution in [0.2, 0.25) is 0 Å². The van der Waals surface area contributed by atoms with Crippen LogP contribution in [-0.4, -0.2) is 41.6 Å². The van der Waals surface area contributed by atoms with Gasteiger partial charge in [0.25, 0.3) is 0 Å². The molecule has 1 fully saturated rings. The fourth-order valence-corrected chi connectivity index (χ4v) is 1.70. The van der Waals surface area contributed by atoms with Gasteiger partial charge in [-0.2, -0.15) is 0 Å². The Morgan fingerprint density at radius 2 is 2.00 bits per heavy atom. The van der Waals surface area contributed by atoms with E-state index in [2.05, 4.69) is 6.58 Å². The highest BCUT2D eigenvalue weighted by molar-refractivity contribution is 5.81. The van der Waals surface area contributed by atoms with Crippen LogP contribution in [0.3, 0.4) is 0 Å². The minimum absolute atomic E-state index is 0.0192. The predicted molar refractivity (Wildman–Crippen MR) is 57.6 cm³/mol. The van der Waals surface area contributed by atoms with Crippen molar-refractivity contribution in [1.82, 2.24) is 4.90 Å². The van der Waals surface area contributed by atoms with Crippen LogP contribution < -0.4 is 0 Å². The largest absolute Gasteiger partial charge is 0.456 e. The van der Waals surface area contributed by atoms with Crippen molar-refractivity contribution >= 4 is 17.8 Å². The number of ether oxygens (including phenoxy) is 2. The fourth-order valence-electron chi connectivity index (χ4n) is 1.70. The van der Waals surface area contributed by atoms with E-state index in [9.17, 15) is 14.4 Å². The molecule has 0 spiro atoms. The molecule has 0 aromatic carbocycles. The van der Waals surface area contributed by atoms with E-state index < -0.39 is 24.3 Å². The number of nitrogens with zero attached hydrogens (tertiary/aromatic N) is 1. The molecule has 0 unspecified atom stereocenters. The molecule has 0 aromatic heterocycles. The topological polar surface area (TPSA) is 72.9 Å². The lowest BCUT2D eigenvalue weighted by molar-refractivity contribution is -0.173. The molecule has 1 aliphatic heterocycles. The highest BCUT2D eigenvalue weighted by atomic mass is 16.6. The third kappa shape index (κ3) is 3.30. The summed E-state index contributed by atoms with van der Waals surface area (Å²) >= 11 is 0. The van der Waals surface area contributed by atoms with E-state index in [4.69, 9.17) is 9.47 Å². The van der Waals surface area contributed by atoms with E-state index in [-0.39, 0.29) is 18.9 Å². The molecule has 1 heterocycles.